The maximum absolute atomic E-state index is 6.68. The van der Waals surface area contributed by atoms with Gasteiger partial charge in [-0.2, -0.15) is 10.6 Å². The molecule has 0 spiro atoms. The van der Waals surface area contributed by atoms with Gasteiger partial charge in [0.2, 0.25) is 0 Å². The first-order valence-corrected chi connectivity index (χ1v) is 19.6. The lowest BCUT2D eigenvalue weighted by Crippen LogP contribution is -2.22. The van der Waals surface area contributed by atoms with E-state index in [4.69, 9.17) is 12.5 Å². The fourth-order valence-electron chi connectivity index (χ4n) is 4.27. The van der Waals surface area contributed by atoms with E-state index >= 15 is 0 Å². The highest BCUT2D eigenvalue weighted by atomic mass is 32.3. The molecule has 0 aliphatic carbocycles. The Labute approximate surface area is 225 Å². The van der Waals surface area contributed by atoms with Gasteiger partial charge in [-0.25, -0.2) is 3.63 Å². The molecule has 0 rings (SSSR count). The van der Waals surface area contributed by atoms with Crippen LogP contribution >= 0.6 is 20.9 Å². The molecule has 216 valence electrons. The molecule has 0 amide bonds. The Morgan fingerprint density at radius 1 is 0.657 bits per heavy atom. The Morgan fingerprint density at radius 2 is 1.20 bits per heavy atom. The predicted octanol–water partition coefficient (Wildman–Crippen LogP) is 9.47. The molecule has 0 aromatic rings. The molecule has 35 heavy (non-hydrogen) atoms. The molecule has 0 aromatic heterocycles. The van der Waals surface area contributed by atoms with Crippen molar-refractivity contribution in [3.63, 3.8) is 0 Å². The quantitative estimate of drug-likeness (QED) is 0.0809. The van der Waals surface area contributed by atoms with Crippen molar-refractivity contribution in [1.29, 1.82) is 0 Å². The van der Waals surface area contributed by atoms with Crippen molar-refractivity contribution in [1.82, 2.24) is 4.90 Å². The van der Waals surface area contributed by atoms with E-state index in [0.717, 1.165) is 26.0 Å². The molecular weight excluding hydrogens is 474 g/mol. The predicted molar refractivity (Wildman–Crippen MR) is 164 cm³/mol. The third-order valence-electron chi connectivity index (χ3n) is 6.50. The summed E-state index contributed by atoms with van der Waals surface area (Å²) in [7, 11) is -0.494. The Kier molecular flexibility index (Phi) is 22.9. The number of ether oxygens (including phenoxy) is 1. The van der Waals surface area contributed by atoms with Gasteiger partial charge in [0, 0.05) is 31.3 Å². The molecule has 0 saturated heterocycles. The minimum absolute atomic E-state index is 0.128. The van der Waals surface area contributed by atoms with E-state index in [-0.39, 0.29) is 6.29 Å². The third-order valence-corrected chi connectivity index (χ3v) is 11.2. The first-order chi connectivity index (χ1) is 16.7. The minimum Gasteiger partial charge on any atom is -0.351 e. The normalized spacial score (nSPS) is 14.5. The fourth-order valence-corrected chi connectivity index (χ4v) is 9.78. The average molecular weight is 540 g/mol. The van der Waals surface area contributed by atoms with Crippen molar-refractivity contribution in [3.8, 4) is 0 Å². The van der Waals surface area contributed by atoms with E-state index < -0.39 is 20.9 Å². The van der Waals surface area contributed by atoms with Gasteiger partial charge in [0.05, 0.1) is 0 Å². The largest absolute Gasteiger partial charge is 0.351 e. The van der Waals surface area contributed by atoms with Crippen molar-refractivity contribution >= 4 is 20.9 Å². The van der Waals surface area contributed by atoms with Gasteiger partial charge in [-0.3, -0.25) is 4.18 Å². The molecular formula is C29H65NO3S2. The van der Waals surface area contributed by atoms with Crippen molar-refractivity contribution in [2.45, 2.75) is 130 Å². The first-order valence-electron chi connectivity index (χ1n) is 14.8. The molecule has 1 unspecified atom stereocenters. The second-order valence-corrected chi connectivity index (χ2v) is 17.3. The summed E-state index contributed by atoms with van der Waals surface area (Å²) in [5, 5.41) is 0. The summed E-state index contributed by atoms with van der Waals surface area (Å²) in [6, 6.07) is 0. The molecule has 0 heterocycles. The topological polar surface area (TPSA) is 30.9 Å². The number of hydrogen-bond donors (Lipinski definition) is 0. The first kappa shape index (κ1) is 35.5. The smallest absolute Gasteiger partial charge is 0.180 e. The fraction of sp³-hybridized carbons (Fsp3) is 1.00. The van der Waals surface area contributed by atoms with Gasteiger partial charge in [0.1, 0.15) is 0 Å². The van der Waals surface area contributed by atoms with E-state index in [1.54, 1.807) is 0 Å². The van der Waals surface area contributed by atoms with E-state index in [1.807, 2.05) is 0 Å². The molecule has 0 radical (unpaired) electrons. The highest BCUT2D eigenvalue weighted by Gasteiger charge is 2.24. The zero-order valence-electron chi connectivity index (χ0n) is 25.2. The lowest BCUT2D eigenvalue weighted by atomic mass is 10.1. The van der Waals surface area contributed by atoms with Crippen LogP contribution in [0.1, 0.15) is 124 Å². The van der Waals surface area contributed by atoms with Gasteiger partial charge in [-0.05, 0) is 58.3 Å². The van der Waals surface area contributed by atoms with Gasteiger partial charge >= 0.3 is 0 Å². The van der Waals surface area contributed by atoms with Crippen LogP contribution in [0.3, 0.4) is 0 Å². The van der Waals surface area contributed by atoms with Crippen LogP contribution in [-0.2, 0) is 12.5 Å². The molecule has 0 bridgehead atoms. The summed E-state index contributed by atoms with van der Waals surface area (Å²) in [5.41, 5.74) is 0. The summed E-state index contributed by atoms with van der Waals surface area (Å²) in [6.07, 6.45) is 29.1. The van der Waals surface area contributed by atoms with E-state index in [9.17, 15) is 0 Å². The maximum atomic E-state index is 6.68. The molecule has 0 N–H and O–H groups in total. The van der Waals surface area contributed by atoms with E-state index in [1.165, 1.54) is 102 Å². The van der Waals surface area contributed by atoms with Gasteiger partial charge in [-0.15, -0.1) is 10.3 Å². The SMILES string of the molecule is CCCCCCCCS(C)(C)OS(C)(C)OC(CCCCCCC)OCCCCCCN(C)CC. The molecule has 0 aliphatic rings. The van der Waals surface area contributed by atoms with Crippen LogP contribution in [0.15, 0.2) is 0 Å². The molecule has 0 aromatic carbocycles. The summed E-state index contributed by atoms with van der Waals surface area (Å²) >= 11 is 0. The summed E-state index contributed by atoms with van der Waals surface area (Å²) in [6.45, 7) is 9.91. The Morgan fingerprint density at radius 3 is 1.83 bits per heavy atom. The zero-order chi connectivity index (χ0) is 26.4. The number of nitrogens with zero attached hydrogens (tertiary/aromatic N) is 1. The van der Waals surface area contributed by atoms with Crippen LogP contribution in [0, 0.1) is 0 Å². The van der Waals surface area contributed by atoms with Crippen LogP contribution < -0.4 is 0 Å². The van der Waals surface area contributed by atoms with Gasteiger partial charge in [0.15, 0.2) is 6.29 Å². The van der Waals surface area contributed by atoms with E-state index in [2.05, 4.69) is 57.7 Å². The molecule has 0 saturated carbocycles. The summed E-state index contributed by atoms with van der Waals surface area (Å²) in [4.78, 5) is 2.39. The van der Waals surface area contributed by atoms with Crippen LogP contribution in [0.5, 0.6) is 0 Å². The minimum atomic E-state index is -1.59. The lowest BCUT2D eigenvalue weighted by molar-refractivity contribution is -0.0820. The number of rotatable bonds is 26. The molecule has 0 fully saturated rings. The zero-order valence-corrected chi connectivity index (χ0v) is 26.8. The van der Waals surface area contributed by atoms with Crippen LogP contribution in [0.4, 0.5) is 0 Å². The summed E-state index contributed by atoms with van der Waals surface area (Å²) < 4.78 is 19.5. The van der Waals surface area contributed by atoms with Crippen LogP contribution in [-0.4, -0.2) is 68.7 Å². The van der Waals surface area contributed by atoms with Crippen molar-refractivity contribution < 1.29 is 12.5 Å². The Hall–Kier alpha value is 0.540. The lowest BCUT2D eigenvalue weighted by Gasteiger charge is -2.46. The molecule has 1 atom stereocenters. The molecule has 0 aliphatic heterocycles. The average Bonchev–Trinajstić information content (AvgIpc) is 2.79. The highest BCUT2D eigenvalue weighted by Crippen LogP contribution is 2.59. The van der Waals surface area contributed by atoms with Crippen LogP contribution in [0.25, 0.3) is 0 Å². The number of unbranched alkanes of at least 4 members (excludes halogenated alkanes) is 12. The van der Waals surface area contributed by atoms with Crippen molar-refractivity contribution in [2.24, 2.45) is 0 Å². The highest BCUT2D eigenvalue weighted by molar-refractivity contribution is 8.39. The van der Waals surface area contributed by atoms with Crippen molar-refractivity contribution in [2.75, 3.05) is 57.5 Å². The Balaban J connectivity index is 4.50. The van der Waals surface area contributed by atoms with Crippen molar-refractivity contribution in [3.05, 3.63) is 0 Å². The third kappa shape index (κ3) is 23.4. The second kappa shape index (κ2) is 22.5. The number of hydrogen-bond acceptors (Lipinski definition) is 4. The maximum Gasteiger partial charge on any atom is 0.180 e. The van der Waals surface area contributed by atoms with E-state index in [0.29, 0.717) is 0 Å². The molecule has 6 heteroatoms. The standard InChI is InChI=1S/C29H65NO3S2/c1-9-12-14-16-20-24-28-34(5,6)33-35(7,8)32-29(25-21-17-15-13-10-2)31-27-23-19-18-22-26-30(4)11-3/h29H,9-28H2,1-8H3. The van der Waals surface area contributed by atoms with Gasteiger partial charge in [0.25, 0.3) is 0 Å². The van der Waals surface area contributed by atoms with Gasteiger partial charge in [-0.1, -0.05) is 91.4 Å². The van der Waals surface area contributed by atoms with Crippen LogP contribution in [0.2, 0.25) is 0 Å². The molecule has 4 nitrogen and oxygen atoms in total. The monoisotopic (exact) mass is 539 g/mol. The van der Waals surface area contributed by atoms with Gasteiger partial charge < -0.3 is 9.64 Å². The Bertz CT molecular complexity index is 463. The second-order valence-electron chi connectivity index (χ2n) is 11.0. The summed E-state index contributed by atoms with van der Waals surface area (Å²) in [5.74, 6) is 1.18.